The molecule has 0 spiro atoms. The summed E-state index contributed by atoms with van der Waals surface area (Å²) >= 11 is 7.58. The molecule has 1 heterocycles. The molecule has 1 aromatic carbocycles. The second-order valence-electron chi connectivity index (χ2n) is 3.85. The molecule has 1 aromatic heterocycles. The topological polar surface area (TPSA) is 62.2 Å². The van der Waals surface area contributed by atoms with Crippen molar-refractivity contribution in [2.24, 2.45) is 0 Å². The number of nitrogens with zero attached hydrogens (tertiary/aromatic N) is 1. The van der Waals surface area contributed by atoms with Crippen LogP contribution in [0.25, 0.3) is 10.2 Å². The molecule has 0 aliphatic carbocycles. The average Bonchev–Trinajstić information content (AvgIpc) is 2.82. The van der Waals surface area contributed by atoms with Crippen LogP contribution in [0.3, 0.4) is 0 Å². The van der Waals surface area contributed by atoms with Crippen LogP contribution in [0.15, 0.2) is 17.6 Å². The van der Waals surface area contributed by atoms with Crippen molar-refractivity contribution in [3.05, 3.63) is 22.7 Å². The SMILES string of the molecule is O=C(CCCCO)Nc1c(Cl)ccc2scnc12. The number of halogens is 1. The van der Waals surface area contributed by atoms with E-state index in [1.165, 1.54) is 11.3 Å². The summed E-state index contributed by atoms with van der Waals surface area (Å²) in [4.78, 5) is 15.9. The van der Waals surface area contributed by atoms with E-state index >= 15 is 0 Å². The van der Waals surface area contributed by atoms with Gasteiger partial charge in [0.1, 0.15) is 5.52 Å². The number of carbonyl (C=O) groups is 1. The molecule has 2 N–H and O–H groups in total. The van der Waals surface area contributed by atoms with E-state index < -0.39 is 0 Å². The monoisotopic (exact) mass is 284 g/mol. The summed E-state index contributed by atoms with van der Waals surface area (Å²) in [7, 11) is 0. The first-order valence-electron chi connectivity index (χ1n) is 5.65. The molecular formula is C12H13ClN2O2S. The number of fused-ring (bicyclic) bond motifs is 1. The Morgan fingerprint density at radius 3 is 3.06 bits per heavy atom. The van der Waals surface area contributed by atoms with E-state index in [-0.39, 0.29) is 12.5 Å². The van der Waals surface area contributed by atoms with Crippen LogP contribution >= 0.6 is 22.9 Å². The summed E-state index contributed by atoms with van der Waals surface area (Å²) in [6.45, 7) is 0.107. The van der Waals surface area contributed by atoms with Crippen molar-refractivity contribution in [3.8, 4) is 0 Å². The smallest absolute Gasteiger partial charge is 0.224 e. The first kappa shape index (κ1) is 13.3. The molecule has 0 saturated carbocycles. The summed E-state index contributed by atoms with van der Waals surface area (Å²) in [6, 6.07) is 3.64. The molecule has 0 atom stereocenters. The van der Waals surface area contributed by atoms with E-state index in [1.54, 1.807) is 11.6 Å². The minimum atomic E-state index is -0.106. The van der Waals surface area contributed by atoms with E-state index in [1.807, 2.05) is 6.07 Å². The highest BCUT2D eigenvalue weighted by Crippen LogP contribution is 2.32. The minimum absolute atomic E-state index is 0.106. The van der Waals surface area contributed by atoms with Crippen LogP contribution in [-0.2, 0) is 4.79 Å². The van der Waals surface area contributed by atoms with Gasteiger partial charge < -0.3 is 10.4 Å². The second-order valence-corrected chi connectivity index (χ2v) is 5.14. The molecule has 0 fully saturated rings. The van der Waals surface area contributed by atoms with Crippen LogP contribution in [-0.4, -0.2) is 22.6 Å². The van der Waals surface area contributed by atoms with Gasteiger partial charge in [-0.25, -0.2) is 4.98 Å². The largest absolute Gasteiger partial charge is 0.396 e. The molecule has 0 radical (unpaired) electrons. The third-order valence-electron chi connectivity index (χ3n) is 2.53. The quantitative estimate of drug-likeness (QED) is 0.830. The van der Waals surface area contributed by atoms with Crippen molar-refractivity contribution in [3.63, 3.8) is 0 Å². The number of thiazole rings is 1. The Morgan fingerprint density at radius 2 is 2.28 bits per heavy atom. The van der Waals surface area contributed by atoms with Gasteiger partial charge in [0.25, 0.3) is 0 Å². The summed E-state index contributed by atoms with van der Waals surface area (Å²) in [5.74, 6) is -0.106. The molecule has 0 saturated heterocycles. The predicted octanol–water partition coefficient (Wildman–Crippen LogP) is 3.05. The molecule has 0 unspecified atom stereocenters. The number of aliphatic hydroxyl groups excluding tert-OH is 1. The second kappa shape index (κ2) is 6.13. The molecule has 2 rings (SSSR count). The number of aliphatic hydroxyl groups is 1. The van der Waals surface area contributed by atoms with Gasteiger partial charge in [-0.3, -0.25) is 4.79 Å². The fourth-order valence-electron chi connectivity index (χ4n) is 1.62. The predicted molar refractivity (Wildman–Crippen MR) is 74.2 cm³/mol. The molecule has 4 nitrogen and oxygen atoms in total. The summed E-state index contributed by atoms with van der Waals surface area (Å²) < 4.78 is 0.991. The van der Waals surface area contributed by atoms with Gasteiger partial charge in [-0.2, -0.15) is 0 Å². The van der Waals surface area contributed by atoms with Crippen LogP contribution < -0.4 is 5.32 Å². The fourth-order valence-corrected chi connectivity index (χ4v) is 2.51. The molecule has 1 amide bonds. The van der Waals surface area contributed by atoms with E-state index in [0.29, 0.717) is 30.0 Å². The highest BCUT2D eigenvalue weighted by Gasteiger charge is 2.11. The number of anilines is 1. The Balaban J connectivity index is 2.13. The number of benzene rings is 1. The number of carbonyl (C=O) groups excluding carboxylic acids is 1. The van der Waals surface area contributed by atoms with E-state index in [2.05, 4.69) is 10.3 Å². The third-order valence-corrected chi connectivity index (χ3v) is 3.64. The lowest BCUT2D eigenvalue weighted by atomic mass is 10.2. The molecule has 6 heteroatoms. The first-order chi connectivity index (χ1) is 8.72. The van der Waals surface area contributed by atoms with Crippen molar-refractivity contribution in [2.45, 2.75) is 19.3 Å². The van der Waals surface area contributed by atoms with Crippen LogP contribution in [0.1, 0.15) is 19.3 Å². The molecule has 2 aromatic rings. The van der Waals surface area contributed by atoms with Gasteiger partial charge >= 0.3 is 0 Å². The Morgan fingerprint density at radius 1 is 1.44 bits per heavy atom. The Bertz CT molecular complexity index is 556. The first-order valence-corrected chi connectivity index (χ1v) is 6.90. The zero-order chi connectivity index (χ0) is 13.0. The lowest BCUT2D eigenvalue weighted by Crippen LogP contribution is -2.12. The van der Waals surface area contributed by atoms with Crippen molar-refractivity contribution in [1.29, 1.82) is 0 Å². The summed E-state index contributed by atoms with van der Waals surface area (Å²) in [5.41, 5.74) is 3.02. The maximum absolute atomic E-state index is 11.7. The van der Waals surface area contributed by atoms with Gasteiger partial charge in [0.2, 0.25) is 5.91 Å². The van der Waals surface area contributed by atoms with Crippen LogP contribution in [0.4, 0.5) is 5.69 Å². The van der Waals surface area contributed by atoms with Crippen molar-refractivity contribution >= 4 is 44.7 Å². The number of rotatable bonds is 5. The number of nitrogens with one attached hydrogen (secondary N) is 1. The number of aromatic nitrogens is 1. The highest BCUT2D eigenvalue weighted by atomic mass is 35.5. The molecule has 0 aliphatic heterocycles. The van der Waals surface area contributed by atoms with Gasteiger partial charge in [0.05, 0.1) is 20.9 Å². The maximum Gasteiger partial charge on any atom is 0.224 e. The standard InChI is InChI=1S/C12H13ClN2O2S/c13-8-4-5-9-12(14-7-18-9)11(8)15-10(17)3-1-2-6-16/h4-5,7,16H,1-3,6H2,(H,15,17). The fraction of sp³-hybridized carbons (Fsp3) is 0.333. The zero-order valence-corrected chi connectivity index (χ0v) is 11.2. The van der Waals surface area contributed by atoms with Gasteiger partial charge in [-0.15, -0.1) is 11.3 Å². The number of amides is 1. The number of unbranched alkanes of at least 4 members (excludes halogenated alkanes) is 1. The van der Waals surface area contributed by atoms with Crippen LogP contribution in [0, 0.1) is 0 Å². The molecular weight excluding hydrogens is 272 g/mol. The lowest BCUT2D eigenvalue weighted by Gasteiger charge is -2.07. The van der Waals surface area contributed by atoms with Crippen molar-refractivity contribution in [2.75, 3.05) is 11.9 Å². The summed E-state index contributed by atoms with van der Waals surface area (Å²) in [5, 5.41) is 11.9. The van der Waals surface area contributed by atoms with Gasteiger partial charge in [-0.05, 0) is 25.0 Å². The van der Waals surface area contributed by atoms with Gasteiger partial charge in [0.15, 0.2) is 0 Å². The van der Waals surface area contributed by atoms with Gasteiger partial charge in [-0.1, -0.05) is 11.6 Å². The Hall–Kier alpha value is -1.17. The molecule has 0 bridgehead atoms. The highest BCUT2D eigenvalue weighted by molar-refractivity contribution is 7.16. The lowest BCUT2D eigenvalue weighted by molar-refractivity contribution is -0.116. The Kier molecular flexibility index (Phi) is 4.52. The van der Waals surface area contributed by atoms with Gasteiger partial charge in [0, 0.05) is 13.0 Å². The normalized spacial score (nSPS) is 10.8. The van der Waals surface area contributed by atoms with Crippen LogP contribution in [0.2, 0.25) is 5.02 Å². The van der Waals surface area contributed by atoms with Crippen molar-refractivity contribution in [1.82, 2.24) is 4.98 Å². The zero-order valence-electron chi connectivity index (χ0n) is 9.65. The third kappa shape index (κ3) is 2.98. The van der Waals surface area contributed by atoms with E-state index in [9.17, 15) is 4.79 Å². The van der Waals surface area contributed by atoms with E-state index in [0.717, 1.165) is 10.2 Å². The molecule has 18 heavy (non-hydrogen) atoms. The average molecular weight is 285 g/mol. The number of hydrogen-bond donors (Lipinski definition) is 2. The Labute approximate surface area is 114 Å². The number of hydrogen-bond acceptors (Lipinski definition) is 4. The van der Waals surface area contributed by atoms with Crippen LogP contribution in [0.5, 0.6) is 0 Å². The van der Waals surface area contributed by atoms with Crippen molar-refractivity contribution < 1.29 is 9.90 Å². The maximum atomic E-state index is 11.7. The molecule has 96 valence electrons. The van der Waals surface area contributed by atoms with E-state index in [4.69, 9.17) is 16.7 Å². The summed E-state index contributed by atoms with van der Waals surface area (Å²) in [6.07, 6.45) is 1.66. The minimum Gasteiger partial charge on any atom is -0.396 e. The molecule has 0 aliphatic rings.